The van der Waals surface area contributed by atoms with Gasteiger partial charge >= 0.3 is 0 Å². The van der Waals surface area contributed by atoms with Crippen LogP contribution < -0.4 is 9.80 Å². The fourth-order valence-corrected chi connectivity index (χ4v) is 19.4. The summed E-state index contributed by atoms with van der Waals surface area (Å²) < 4.78 is 166. The van der Waals surface area contributed by atoms with Crippen molar-refractivity contribution < 1.29 is 43.9 Å². The van der Waals surface area contributed by atoms with Crippen LogP contribution in [0.25, 0.3) is 78.9 Å². The van der Waals surface area contributed by atoms with E-state index in [0.717, 1.165) is 77.9 Å². The molecule has 20 rings (SSSR count). The van der Waals surface area contributed by atoms with Crippen LogP contribution >= 0.6 is 0 Å². The lowest BCUT2D eigenvalue weighted by Crippen LogP contribution is -2.34. The van der Waals surface area contributed by atoms with Crippen molar-refractivity contribution in [3.63, 3.8) is 0 Å². The van der Waals surface area contributed by atoms with Crippen molar-refractivity contribution in [2.45, 2.75) is 29.1 Å². The molecule has 0 fully saturated rings. The summed E-state index contributed by atoms with van der Waals surface area (Å²) >= 11 is 0. The van der Waals surface area contributed by atoms with Crippen LogP contribution in [-0.2, 0) is 29.1 Å². The van der Waals surface area contributed by atoms with Gasteiger partial charge in [0.2, 0.25) is 11.6 Å². The minimum absolute atomic E-state index is 0.232. The van der Waals surface area contributed by atoms with Crippen molar-refractivity contribution >= 4 is 46.3 Å². The molecule has 1 spiro atoms. The number of anilines is 6. The molecule has 117 heavy (non-hydrogen) atoms. The van der Waals surface area contributed by atoms with Crippen molar-refractivity contribution in [3.05, 3.63) is 477 Å². The SMILES string of the molecule is C=Cc1ccc(CC2(c3c(F)c(F)c(F)c(F)c3F)c3ccccc3-c3ccc(N(c4ccc(-c5ccccc5)cc4)c4ccc5c(c4)C4(c6ccccc6-5)c5ccccc5-c5ccc(N(c6ccc(-c7ccccc7)cc6)c6ccc7c(c6)C(Cc6ccc(C=C)cc6)(c6c(F)c(F)c(F)c(F)c6F)c6ccccc6-7)cc54)cc32)cc1. The maximum atomic E-state index is 17.5. The summed E-state index contributed by atoms with van der Waals surface area (Å²) in [6, 6.07) is 105. The van der Waals surface area contributed by atoms with Crippen LogP contribution in [-0.4, -0.2) is 0 Å². The van der Waals surface area contributed by atoms with E-state index in [1.54, 1.807) is 109 Å². The van der Waals surface area contributed by atoms with E-state index in [1.165, 1.54) is 0 Å². The molecule has 4 aliphatic carbocycles. The molecule has 2 nitrogen and oxygen atoms in total. The highest BCUT2D eigenvalue weighted by molar-refractivity contribution is 5.99. The highest BCUT2D eigenvalue weighted by atomic mass is 19.2. The Labute approximate surface area is 668 Å². The van der Waals surface area contributed by atoms with E-state index in [1.807, 2.05) is 182 Å². The molecule has 0 saturated carbocycles. The van der Waals surface area contributed by atoms with Gasteiger partial charge in [0, 0.05) is 45.3 Å². The zero-order valence-electron chi connectivity index (χ0n) is 62.3. The van der Waals surface area contributed by atoms with Crippen molar-refractivity contribution in [1.82, 2.24) is 0 Å². The predicted octanol–water partition coefficient (Wildman–Crippen LogP) is 28.1. The summed E-state index contributed by atoms with van der Waals surface area (Å²) in [6.45, 7) is 7.85. The molecule has 12 heteroatoms. The van der Waals surface area contributed by atoms with E-state index >= 15 is 43.9 Å². The molecule has 16 aromatic carbocycles. The minimum Gasteiger partial charge on any atom is -0.310 e. The third-order valence-corrected chi connectivity index (χ3v) is 24.5. The minimum atomic E-state index is -2.27. The molecule has 4 aliphatic rings. The highest BCUT2D eigenvalue weighted by Crippen LogP contribution is 2.66. The van der Waals surface area contributed by atoms with E-state index in [9.17, 15) is 0 Å². The number of halogens is 10. The Bertz CT molecular complexity index is 6330. The van der Waals surface area contributed by atoms with Crippen LogP contribution in [0.15, 0.2) is 341 Å². The van der Waals surface area contributed by atoms with Crippen LogP contribution in [0.1, 0.15) is 77.9 Å². The summed E-state index contributed by atoms with van der Waals surface area (Å²) in [5.74, 6) is -20.6. The van der Waals surface area contributed by atoms with Crippen LogP contribution in [0.2, 0.25) is 0 Å². The average Bonchev–Trinajstić information content (AvgIpc) is 1.51. The van der Waals surface area contributed by atoms with Crippen LogP contribution in [0.3, 0.4) is 0 Å². The second-order valence-electron chi connectivity index (χ2n) is 30.3. The number of rotatable bonds is 16. The molecule has 564 valence electrons. The molecule has 0 bridgehead atoms. The Morgan fingerprint density at radius 1 is 0.222 bits per heavy atom. The summed E-state index contributed by atoms with van der Waals surface area (Å²) in [5, 5.41) is 0. The maximum Gasteiger partial charge on any atom is 0.200 e. The van der Waals surface area contributed by atoms with Gasteiger partial charge in [0.1, 0.15) is 0 Å². The molecule has 0 aromatic heterocycles. The molecule has 0 radical (unpaired) electrons. The third kappa shape index (κ3) is 10.7. The van der Waals surface area contributed by atoms with Gasteiger partial charge in [-0.3, -0.25) is 0 Å². The van der Waals surface area contributed by atoms with Crippen molar-refractivity contribution in [1.29, 1.82) is 0 Å². The first kappa shape index (κ1) is 71.9. The van der Waals surface area contributed by atoms with Crippen molar-refractivity contribution in [3.8, 4) is 66.8 Å². The second-order valence-corrected chi connectivity index (χ2v) is 30.3. The lowest BCUT2D eigenvalue weighted by atomic mass is 9.68. The molecule has 2 atom stereocenters. The Morgan fingerprint density at radius 3 is 0.795 bits per heavy atom. The Morgan fingerprint density at radius 2 is 0.470 bits per heavy atom. The van der Waals surface area contributed by atoms with Crippen LogP contribution in [0.5, 0.6) is 0 Å². The van der Waals surface area contributed by atoms with Crippen molar-refractivity contribution in [2.75, 3.05) is 9.80 Å². The standard InChI is InChI=1S/C105H64F10N2/c1-3-61-31-35-63(36-32-61)59-103(91-93(106)97(110)101(114)98(111)94(91)107)83-27-15-11-23-75(83)79-51-47-71(55-87(79)103)116(69-43-39-67(40-44-69)65-19-7-5-8-20-65)73-49-53-81-77-25-13-17-29-85(77)105(89(81)57-73)86-30-18-14-26-78(86)82-54-50-74(58-90(82)105)117(70-45-41-68(42-46-70)66-21-9-6-10-22-66)72-48-52-80-76-24-12-16-28-84(76)104(88(80)56-72,60-64-37-33-62(4-2)34-38-64)92-95(108)99(112)102(115)100(113)96(92)109/h3-58H,1-2,59-60H2. The first-order valence-corrected chi connectivity index (χ1v) is 38.4. The predicted molar refractivity (Wildman–Crippen MR) is 447 cm³/mol. The van der Waals surface area contributed by atoms with Gasteiger partial charge in [0.05, 0.1) is 16.2 Å². The first-order valence-electron chi connectivity index (χ1n) is 38.4. The fraction of sp³-hybridized carbons (Fsp3) is 0.0476. The quantitative estimate of drug-likeness (QED) is 0.0540. The summed E-state index contributed by atoms with van der Waals surface area (Å²) in [7, 11) is 0. The van der Waals surface area contributed by atoms with Gasteiger partial charge in [-0.1, -0.05) is 280 Å². The van der Waals surface area contributed by atoms with Crippen LogP contribution in [0, 0.1) is 58.2 Å². The Hall–Kier alpha value is -14.1. The van der Waals surface area contributed by atoms with Gasteiger partial charge in [-0.15, -0.1) is 0 Å². The number of hydrogen-bond acceptors (Lipinski definition) is 2. The smallest absolute Gasteiger partial charge is 0.200 e. The highest BCUT2D eigenvalue weighted by Gasteiger charge is 2.55. The molecule has 0 N–H and O–H groups in total. The molecule has 0 saturated heterocycles. The summed E-state index contributed by atoms with van der Waals surface area (Å²) in [5.41, 5.74) is 13.6. The molecular weight excluding hydrogens is 1480 g/mol. The van der Waals surface area contributed by atoms with Gasteiger partial charge in [-0.25, -0.2) is 43.9 Å². The van der Waals surface area contributed by atoms with E-state index in [4.69, 9.17) is 0 Å². The second kappa shape index (κ2) is 27.6. The van der Waals surface area contributed by atoms with Gasteiger partial charge in [0.25, 0.3) is 0 Å². The zero-order valence-corrected chi connectivity index (χ0v) is 62.3. The summed E-state index contributed by atoms with van der Waals surface area (Å²) in [4.78, 5) is 4.12. The summed E-state index contributed by atoms with van der Waals surface area (Å²) in [6.07, 6.45) is 2.84. The fourth-order valence-electron chi connectivity index (χ4n) is 19.4. The lowest BCUT2D eigenvalue weighted by Gasteiger charge is -2.36. The van der Waals surface area contributed by atoms with Crippen LogP contribution in [0.4, 0.5) is 78.0 Å². The van der Waals surface area contributed by atoms with E-state index in [2.05, 4.69) is 71.5 Å². The molecular formula is C105H64F10N2. The first-order chi connectivity index (χ1) is 57.0. The average molecular weight is 1540 g/mol. The lowest BCUT2D eigenvalue weighted by molar-refractivity contribution is 0.357. The number of fused-ring (bicyclic) bond motifs is 16. The Balaban J connectivity index is 0.819. The normalized spacial score (nSPS) is 16.0. The Kier molecular flexibility index (Phi) is 17.0. The number of hydrogen-bond donors (Lipinski definition) is 0. The third-order valence-electron chi connectivity index (χ3n) is 24.5. The van der Waals surface area contributed by atoms with Gasteiger partial charge < -0.3 is 9.80 Å². The van der Waals surface area contributed by atoms with Gasteiger partial charge in [-0.05, 0) is 219 Å². The maximum absolute atomic E-state index is 17.5. The van der Waals surface area contributed by atoms with Gasteiger partial charge in [0.15, 0.2) is 46.5 Å². The van der Waals surface area contributed by atoms with Gasteiger partial charge in [-0.2, -0.15) is 0 Å². The van der Waals surface area contributed by atoms with Crippen molar-refractivity contribution in [2.24, 2.45) is 0 Å². The molecule has 16 aromatic rings. The zero-order chi connectivity index (χ0) is 79.9. The molecule has 0 heterocycles. The van der Waals surface area contributed by atoms with E-state index in [0.29, 0.717) is 89.8 Å². The number of nitrogens with zero attached hydrogens (tertiary/aromatic N) is 2. The molecule has 0 aliphatic heterocycles. The molecule has 0 amide bonds. The van der Waals surface area contributed by atoms with E-state index < -0.39 is 85.5 Å². The molecule has 2 unspecified atom stereocenters. The monoisotopic (exact) mass is 1540 g/mol. The van der Waals surface area contributed by atoms with E-state index in [-0.39, 0.29) is 12.8 Å². The largest absolute Gasteiger partial charge is 0.310 e. The topological polar surface area (TPSA) is 6.48 Å². The number of benzene rings is 16.